The molecule has 17 heavy (non-hydrogen) atoms. The Morgan fingerprint density at radius 2 is 1.88 bits per heavy atom. The summed E-state index contributed by atoms with van der Waals surface area (Å²) in [5, 5.41) is 7.95. The van der Waals surface area contributed by atoms with Gasteiger partial charge in [0.25, 0.3) is 0 Å². The number of alkyl halides is 1. The molecule has 0 aliphatic rings. The third kappa shape index (κ3) is 2.47. The zero-order chi connectivity index (χ0) is 13.4. The topological polar surface area (TPSA) is 64.8 Å². The van der Waals surface area contributed by atoms with Crippen molar-refractivity contribution in [3.8, 4) is 0 Å². The second kappa shape index (κ2) is 4.57. The average Bonchev–Trinajstić information content (AvgIpc) is 2.59. The van der Waals surface area contributed by atoms with Crippen molar-refractivity contribution in [2.75, 3.05) is 6.26 Å². The van der Waals surface area contributed by atoms with E-state index in [-0.39, 0.29) is 11.9 Å². The van der Waals surface area contributed by atoms with Gasteiger partial charge in [-0.05, 0) is 27.7 Å². The highest BCUT2D eigenvalue weighted by Crippen LogP contribution is 2.30. The van der Waals surface area contributed by atoms with Gasteiger partial charge >= 0.3 is 0 Å². The third-order valence-electron chi connectivity index (χ3n) is 2.87. The van der Waals surface area contributed by atoms with E-state index >= 15 is 0 Å². The fourth-order valence-corrected chi connectivity index (χ4v) is 2.19. The van der Waals surface area contributed by atoms with Crippen molar-refractivity contribution in [1.29, 1.82) is 0 Å². The standard InChI is InChI=1S/C10H18ClN3O2S/c1-7(2)14-8(6-11)12-13-9(14)10(3,4)17(5,15)16/h7H,6H2,1-5H3. The van der Waals surface area contributed by atoms with Gasteiger partial charge in [0.2, 0.25) is 0 Å². The molecule has 7 heteroatoms. The highest BCUT2D eigenvalue weighted by Gasteiger charge is 2.38. The molecule has 0 aliphatic carbocycles. The summed E-state index contributed by atoms with van der Waals surface area (Å²) in [6.45, 7) is 7.15. The summed E-state index contributed by atoms with van der Waals surface area (Å²) in [5.74, 6) is 1.24. The Labute approximate surface area is 107 Å². The molecule has 0 saturated carbocycles. The van der Waals surface area contributed by atoms with E-state index in [4.69, 9.17) is 11.6 Å². The first-order valence-electron chi connectivity index (χ1n) is 5.32. The van der Waals surface area contributed by atoms with Crippen LogP contribution in [-0.2, 0) is 20.5 Å². The van der Waals surface area contributed by atoms with Crippen molar-refractivity contribution < 1.29 is 8.42 Å². The Morgan fingerprint density at radius 1 is 1.35 bits per heavy atom. The second-order valence-electron chi connectivity index (χ2n) is 4.82. The van der Waals surface area contributed by atoms with Gasteiger partial charge in [-0.2, -0.15) is 0 Å². The average molecular weight is 280 g/mol. The molecule has 1 heterocycles. The molecule has 5 nitrogen and oxygen atoms in total. The lowest BCUT2D eigenvalue weighted by molar-refractivity contribution is 0.495. The van der Waals surface area contributed by atoms with Crippen LogP contribution in [-0.4, -0.2) is 29.4 Å². The fraction of sp³-hybridized carbons (Fsp3) is 0.800. The lowest BCUT2D eigenvalue weighted by Crippen LogP contribution is -2.32. The summed E-state index contributed by atoms with van der Waals surface area (Å²) < 4.78 is 24.3. The summed E-state index contributed by atoms with van der Waals surface area (Å²) in [6.07, 6.45) is 1.20. The minimum Gasteiger partial charge on any atom is -0.310 e. The number of halogens is 1. The summed E-state index contributed by atoms with van der Waals surface area (Å²) in [6, 6.07) is 0.0646. The molecule has 0 bridgehead atoms. The van der Waals surface area contributed by atoms with Crippen LogP contribution in [0.4, 0.5) is 0 Å². The molecule has 0 atom stereocenters. The lowest BCUT2D eigenvalue weighted by atomic mass is 10.2. The van der Waals surface area contributed by atoms with Gasteiger partial charge in [-0.1, -0.05) is 0 Å². The summed E-state index contributed by atoms with van der Waals surface area (Å²) in [7, 11) is -3.27. The Kier molecular flexibility index (Phi) is 3.88. The lowest BCUT2D eigenvalue weighted by Gasteiger charge is -2.24. The Bertz CT molecular complexity index is 506. The largest absolute Gasteiger partial charge is 0.310 e. The van der Waals surface area contributed by atoms with Crippen molar-refractivity contribution in [2.45, 2.75) is 44.4 Å². The van der Waals surface area contributed by atoms with Crippen LogP contribution in [0.15, 0.2) is 0 Å². The van der Waals surface area contributed by atoms with Gasteiger partial charge in [0.1, 0.15) is 10.6 Å². The van der Waals surface area contributed by atoms with E-state index in [1.165, 1.54) is 6.26 Å². The number of sulfone groups is 1. The first kappa shape index (κ1) is 14.4. The van der Waals surface area contributed by atoms with Crippen LogP contribution < -0.4 is 0 Å². The van der Waals surface area contributed by atoms with E-state index in [1.54, 1.807) is 18.4 Å². The van der Waals surface area contributed by atoms with Crippen LogP contribution in [0.25, 0.3) is 0 Å². The van der Waals surface area contributed by atoms with Gasteiger partial charge in [-0.25, -0.2) is 8.42 Å². The predicted octanol–water partition coefficient (Wildman–Crippen LogP) is 1.88. The van der Waals surface area contributed by atoms with Crippen LogP contribution in [0.2, 0.25) is 0 Å². The summed E-state index contributed by atoms with van der Waals surface area (Å²) >= 11 is 5.78. The van der Waals surface area contributed by atoms with Crippen LogP contribution in [0.1, 0.15) is 45.4 Å². The van der Waals surface area contributed by atoms with E-state index in [0.717, 1.165) is 0 Å². The predicted molar refractivity (Wildman–Crippen MR) is 67.8 cm³/mol. The summed E-state index contributed by atoms with van der Waals surface area (Å²) in [4.78, 5) is 0. The highest BCUT2D eigenvalue weighted by atomic mass is 35.5. The molecule has 0 aromatic carbocycles. The SMILES string of the molecule is CC(C)n1c(CCl)nnc1C(C)(C)S(C)(=O)=O. The van der Waals surface area contributed by atoms with E-state index in [1.807, 2.05) is 13.8 Å². The summed E-state index contributed by atoms with van der Waals surface area (Å²) in [5.41, 5.74) is 0. The molecule has 1 aromatic rings. The maximum Gasteiger partial charge on any atom is 0.159 e. The van der Waals surface area contributed by atoms with Crippen LogP contribution in [0.3, 0.4) is 0 Å². The zero-order valence-electron chi connectivity index (χ0n) is 10.7. The van der Waals surface area contributed by atoms with Crippen molar-refractivity contribution in [2.24, 2.45) is 0 Å². The number of hydrogen-bond donors (Lipinski definition) is 0. The maximum absolute atomic E-state index is 11.8. The highest BCUT2D eigenvalue weighted by molar-refractivity contribution is 7.91. The minimum absolute atomic E-state index is 0.0646. The van der Waals surface area contributed by atoms with Crippen LogP contribution in [0, 0.1) is 0 Å². The van der Waals surface area contributed by atoms with E-state index in [2.05, 4.69) is 10.2 Å². The molecular weight excluding hydrogens is 262 g/mol. The molecule has 0 unspecified atom stereocenters. The van der Waals surface area contributed by atoms with Crippen molar-refractivity contribution in [3.05, 3.63) is 11.6 Å². The monoisotopic (exact) mass is 279 g/mol. The van der Waals surface area contributed by atoms with Gasteiger partial charge in [-0.15, -0.1) is 21.8 Å². The molecule has 0 aliphatic heterocycles. The Morgan fingerprint density at radius 3 is 2.24 bits per heavy atom. The van der Waals surface area contributed by atoms with Crippen molar-refractivity contribution in [1.82, 2.24) is 14.8 Å². The van der Waals surface area contributed by atoms with Crippen molar-refractivity contribution in [3.63, 3.8) is 0 Å². The molecule has 1 rings (SSSR count). The Hall–Kier alpha value is -0.620. The zero-order valence-corrected chi connectivity index (χ0v) is 12.3. The first-order chi connectivity index (χ1) is 7.63. The Balaban J connectivity index is 3.48. The third-order valence-corrected chi connectivity index (χ3v) is 5.14. The van der Waals surface area contributed by atoms with E-state index < -0.39 is 14.6 Å². The molecule has 0 N–H and O–H groups in total. The molecule has 0 saturated heterocycles. The minimum atomic E-state index is -3.27. The van der Waals surface area contributed by atoms with E-state index in [9.17, 15) is 8.42 Å². The van der Waals surface area contributed by atoms with Gasteiger partial charge in [0.15, 0.2) is 15.7 Å². The number of hydrogen-bond acceptors (Lipinski definition) is 4. The van der Waals surface area contributed by atoms with Crippen LogP contribution in [0.5, 0.6) is 0 Å². The number of aromatic nitrogens is 3. The van der Waals surface area contributed by atoms with Gasteiger partial charge < -0.3 is 4.57 Å². The van der Waals surface area contributed by atoms with Gasteiger partial charge in [0.05, 0.1) is 5.88 Å². The fourth-order valence-electron chi connectivity index (χ4n) is 1.53. The normalized spacial score (nSPS) is 13.4. The molecule has 0 radical (unpaired) electrons. The maximum atomic E-state index is 11.8. The second-order valence-corrected chi connectivity index (χ2v) is 7.65. The number of rotatable bonds is 4. The molecule has 0 fully saturated rings. The van der Waals surface area contributed by atoms with Gasteiger partial charge in [0, 0.05) is 12.3 Å². The molecular formula is C10H18ClN3O2S. The van der Waals surface area contributed by atoms with Gasteiger partial charge in [-0.3, -0.25) is 0 Å². The quantitative estimate of drug-likeness (QED) is 0.790. The molecule has 98 valence electrons. The number of nitrogens with zero attached hydrogens (tertiary/aromatic N) is 3. The van der Waals surface area contributed by atoms with E-state index in [0.29, 0.717) is 11.6 Å². The smallest absolute Gasteiger partial charge is 0.159 e. The molecule has 1 aromatic heterocycles. The molecule has 0 amide bonds. The van der Waals surface area contributed by atoms with Crippen LogP contribution >= 0.6 is 11.6 Å². The molecule has 0 spiro atoms. The first-order valence-corrected chi connectivity index (χ1v) is 7.75. The van der Waals surface area contributed by atoms with Crippen molar-refractivity contribution >= 4 is 21.4 Å².